The van der Waals surface area contributed by atoms with E-state index in [1.807, 2.05) is 6.92 Å². The molecular formula is C21H32O9. The molecule has 9 atom stereocenters. The van der Waals surface area contributed by atoms with Crippen LogP contribution in [-0.4, -0.2) is 85.9 Å². The van der Waals surface area contributed by atoms with Crippen LogP contribution in [0.1, 0.15) is 40.0 Å². The Balaban J connectivity index is 1.73. The molecule has 4 rings (SSSR count). The van der Waals surface area contributed by atoms with Crippen LogP contribution in [0.25, 0.3) is 0 Å². The molecule has 9 unspecified atom stereocenters. The van der Waals surface area contributed by atoms with Crippen LogP contribution in [0.3, 0.4) is 0 Å². The van der Waals surface area contributed by atoms with E-state index < -0.39 is 65.6 Å². The Bertz CT molecular complexity index is 756. The molecule has 1 spiro atoms. The lowest BCUT2D eigenvalue weighted by Gasteiger charge is -2.48. The normalized spacial score (nSPS) is 50.0. The van der Waals surface area contributed by atoms with Crippen molar-refractivity contribution < 1.29 is 44.9 Å². The van der Waals surface area contributed by atoms with Crippen molar-refractivity contribution in [3.05, 3.63) is 11.3 Å². The topological polar surface area (TPSA) is 157 Å². The Hall–Kier alpha value is -1.07. The van der Waals surface area contributed by atoms with Gasteiger partial charge in [-0.25, -0.2) is 0 Å². The molecule has 0 aromatic rings. The molecule has 0 aromatic carbocycles. The predicted octanol–water partition coefficient (Wildman–Crippen LogP) is -1.17. The van der Waals surface area contributed by atoms with Crippen LogP contribution in [0.15, 0.2) is 11.3 Å². The molecule has 4 aliphatic rings. The zero-order valence-electron chi connectivity index (χ0n) is 17.5. The van der Waals surface area contributed by atoms with Crippen molar-refractivity contribution in [1.82, 2.24) is 0 Å². The van der Waals surface area contributed by atoms with E-state index in [0.717, 1.165) is 5.57 Å². The number of hydrogen-bond donors (Lipinski definition) is 6. The van der Waals surface area contributed by atoms with Gasteiger partial charge in [0.25, 0.3) is 0 Å². The highest BCUT2D eigenvalue weighted by molar-refractivity contribution is 5.91. The smallest absolute Gasteiger partial charge is 0.228 e. The zero-order chi connectivity index (χ0) is 22.2. The summed E-state index contributed by atoms with van der Waals surface area (Å²) in [6, 6.07) is 0. The summed E-state index contributed by atoms with van der Waals surface area (Å²) in [5.74, 6) is -1.10. The highest BCUT2D eigenvalue weighted by Gasteiger charge is 2.71. The van der Waals surface area contributed by atoms with Crippen LogP contribution in [0.4, 0.5) is 0 Å². The fourth-order valence-electron chi connectivity index (χ4n) is 5.96. The summed E-state index contributed by atoms with van der Waals surface area (Å²) >= 11 is 0. The minimum atomic E-state index is -1.58. The van der Waals surface area contributed by atoms with Crippen LogP contribution in [-0.2, 0) is 14.3 Å². The monoisotopic (exact) mass is 428 g/mol. The summed E-state index contributed by atoms with van der Waals surface area (Å²) in [6.45, 7) is 4.25. The third-order valence-corrected chi connectivity index (χ3v) is 8.14. The molecule has 0 bridgehead atoms. The summed E-state index contributed by atoms with van der Waals surface area (Å²) in [6.07, 6.45) is -5.49. The van der Waals surface area contributed by atoms with Gasteiger partial charge in [-0.15, -0.1) is 0 Å². The fraction of sp³-hybridized carbons (Fsp3) is 0.857. The first kappa shape index (κ1) is 22.1. The van der Waals surface area contributed by atoms with E-state index in [2.05, 4.69) is 0 Å². The Labute approximate surface area is 174 Å². The van der Waals surface area contributed by atoms with Crippen molar-refractivity contribution in [1.29, 1.82) is 0 Å². The number of aliphatic hydroxyl groups is 6. The maximum absolute atomic E-state index is 13.2. The van der Waals surface area contributed by atoms with Crippen LogP contribution >= 0.6 is 0 Å². The van der Waals surface area contributed by atoms with Gasteiger partial charge in [0.15, 0.2) is 0 Å². The minimum absolute atomic E-state index is 0.214. The molecule has 3 aliphatic carbocycles. The number of allylic oxidation sites excluding steroid dienone is 1. The summed E-state index contributed by atoms with van der Waals surface area (Å²) in [4.78, 5) is 13.2. The first-order valence-corrected chi connectivity index (χ1v) is 10.5. The lowest BCUT2D eigenvalue weighted by atomic mass is 9.62. The van der Waals surface area contributed by atoms with Crippen LogP contribution in [0.2, 0.25) is 0 Å². The molecule has 6 N–H and O–H groups in total. The summed E-state index contributed by atoms with van der Waals surface area (Å²) in [7, 11) is 0. The number of Topliss-reactive ketones (excluding diaryl/α,β-unsaturated/α-hetero) is 1. The predicted molar refractivity (Wildman–Crippen MR) is 102 cm³/mol. The molecule has 0 amide bonds. The van der Waals surface area contributed by atoms with Gasteiger partial charge in [-0.2, -0.15) is 0 Å². The number of carbonyl (C=O) groups is 1. The van der Waals surface area contributed by atoms with Gasteiger partial charge in [-0.05, 0) is 38.7 Å². The number of ketones is 1. The first-order valence-electron chi connectivity index (χ1n) is 10.5. The van der Waals surface area contributed by atoms with Crippen molar-refractivity contribution in [3.63, 3.8) is 0 Å². The number of carbonyl (C=O) groups excluding carboxylic acids is 1. The maximum Gasteiger partial charge on any atom is 0.228 e. The molecule has 9 heteroatoms. The number of hydrogen-bond acceptors (Lipinski definition) is 9. The second-order valence-corrected chi connectivity index (χ2v) is 9.91. The van der Waals surface area contributed by atoms with E-state index in [0.29, 0.717) is 18.6 Å². The van der Waals surface area contributed by atoms with Gasteiger partial charge in [0, 0.05) is 11.3 Å². The Kier molecular flexibility index (Phi) is 5.14. The third-order valence-electron chi connectivity index (χ3n) is 8.14. The van der Waals surface area contributed by atoms with Gasteiger partial charge < -0.3 is 40.1 Å². The Morgan fingerprint density at radius 1 is 1.10 bits per heavy atom. The zero-order valence-corrected chi connectivity index (χ0v) is 17.5. The maximum atomic E-state index is 13.2. The number of ether oxygens (including phenoxy) is 2. The van der Waals surface area contributed by atoms with E-state index in [9.17, 15) is 35.4 Å². The minimum Gasteiger partial charge on any atom is -0.466 e. The molecule has 170 valence electrons. The van der Waals surface area contributed by atoms with Gasteiger partial charge in [0.2, 0.25) is 6.29 Å². The average Bonchev–Trinajstić information content (AvgIpc) is 3.47. The fourth-order valence-corrected chi connectivity index (χ4v) is 5.96. The quantitative estimate of drug-likeness (QED) is 0.324. The Morgan fingerprint density at radius 2 is 1.73 bits per heavy atom. The van der Waals surface area contributed by atoms with Gasteiger partial charge in [-0.1, -0.05) is 6.92 Å². The van der Waals surface area contributed by atoms with E-state index in [4.69, 9.17) is 9.47 Å². The molecule has 30 heavy (non-hydrogen) atoms. The lowest BCUT2D eigenvalue weighted by molar-refractivity contribution is -0.295. The van der Waals surface area contributed by atoms with Gasteiger partial charge in [0.05, 0.1) is 30.1 Å². The molecule has 0 radical (unpaired) electrons. The van der Waals surface area contributed by atoms with Crippen LogP contribution in [0, 0.1) is 22.7 Å². The van der Waals surface area contributed by atoms with E-state index in [1.54, 1.807) is 13.8 Å². The van der Waals surface area contributed by atoms with Crippen LogP contribution in [0.5, 0.6) is 0 Å². The number of aliphatic hydroxyl groups excluding tert-OH is 5. The molecular weight excluding hydrogens is 396 g/mol. The van der Waals surface area contributed by atoms with Crippen LogP contribution < -0.4 is 0 Å². The highest BCUT2D eigenvalue weighted by atomic mass is 16.7. The van der Waals surface area contributed by atoms with Crippen molar-refractivity contribution >= 4 is 5.78 Å². The standard InChI is InChI=1S/C21H32O9/c1-9-16(30-18-15(26)14(25)13(24)11(7-22)29-18)10-6-19(2,8-23)17(27)12(10)20(3,28)21(9)4-5-21/h10-15,18,22-26,28H,4-8H2,1-3H3. The first-order chi connectivity index (χ1) is 13.9. The summed E-state index contributed by atoms with van der Waals surface area (Å²) < 4.78 is 11.6. The van der Waals surface area contributed by atoms with E-state index in [-0.39, 0.29) is 18.8 Å². The van der Waals surface area contributed by atoms with Crippen molar-refractivity contribution in [2.45, 2.75) is 76.3 Å². The lowest BCUT2D eigenvalue weighted by Crippen LogP contribution is -2.60. The van der Waals surface area contributed by atoms with Crippen molar-refractivity contribution in [2.24, 2.45) is 22.7 Å². The van der Waals surface area contributed by atoms with E-state index >= 15 is 0 Å². The van der Waals surface area contributed by atoms with Crippen molar-refractivity contribution in [2.75, 3.05) is 13.2 Å². The van der Waals surface area contributed by atoms with Gasteiger partial charge >= 0.3 is 0 Å². The Morgan fingerprint density at radius 3 is 2.27 bits per heavy atom. The number of fused-ring (bicyclic) bond motifs is 1. The molecule has 3 fully saturated rings. The van der Waals surface area contributed by atoms with Gasteiger partial charge in [0.1, 0.15) is 36.0 Å². The second-order valence-electron chi connectivity index (χ2n) is 9.91. The molecule has 0 aromatic heterocycles. The molecule has 1 aliphatic heterocycles. The van der Waals surface area contributed by atoms with E-state index in [1.165, 1.54) is 0 Å². The van der Waals surface area contributed by atoms with Gasteiger partial charge in [-0.3, -0.25) is 4.79 Å². The summed E-state index contributed by atoms with van der Waals surface area (Å²) in [5, 5.41) is 61.3. The molecule has 2 saturated carbocycles. The van der Waals surface area contributed by atoms with Crippen molar-refractivity contribution in [3.8, 4) is 0 Å². The average molecular weight is 428 g/mol. The molecule has 1 saturated heterocycles. The number of rotatable bonds is 4. The molecule has 1 heterocycles. The summed E-state index contributed by atoms with van der Waals surface area (Å²) in [5.41, 5.74) is -2.19. The third kappa shape index (κ3) is 2.76. The SMILES string of the molecule is CC1=C(OC2OC(CO)C(O)C(O)C2O)C2CC(C)(CO)C(=O)C2C(C)(O)C12CC2. The molecule has 9 nitrogen and oxygen atoms in total. The highest BCUT2D eigenvalue weighted by Crippen LogP contribution is 2.69. The second kappa shape index (κ2) is 6.96. The largest absolute Gasteiger partial charge is 0.466 e.